The first-order chi connectivity index (χ1) is 11.8. The number of ether oxygens (including phenoxy) is 4. The first-order valence-corrected chi connectivity index (χ1v) is 8.45. The third-order valence-electron chi connectivity index (χ3n) is 3.11. The quantitative estimate of drug-likeness (QED) is 0.308. The summed E-state index contributed by atoms with van der Waals surface area (Å²) in [6.45, 7) is 9.18. The van der Waals surface area contributed by atoms with Gasteiger partial charge in [0, 0.05) is 13.8 Å². The molecule has 0 N–H and O–H groups in total. The molecule has 1 saturated heterocycles. The zero-order chi connectivity index (χ0) is 18.6. The molecule has 6 nitrogen and oxygen atoms in total. The Bertz CT molecular complexity index is 713. The van der Waals surface area contributed by atoms with Gasteiger partial charge in [-0.3, -0.25) is 0 Å². The molecule has 2 rings (SSSR count). The SMILES string of the molecule is C=CCOc1c(Br)cc(C=C2C(=O)OC(C)(C)OC2=O)cc1OCC. The smallest absolute Gasteiger partial charge is 0.348 e. The zero-order valence-electron chi connectivity index (χ0n) is 14.3. The molecule has 1 aliphatic rings. The highest BCUT2D eigenvalue weighted by Crippen LogP contribution is 2.38. The minimum atomic E-state index is -1.27. The summed E-state index contributed by atoms with van der Waals surface area (Å²) in [5.74, 6) is -1.75. The molecule has 1 aromatic rings. The van der Waals surface area contributed by atoms with E-state index in [4.69, 9.17) is 18.9 Å². The molecule has 0 aliphatic carbocycles. The third-order valence-corrected chi connectivity index (χ3v) is 3.69. The number of carbonyl (C=O) groups is 2. The monoisotopic (exact) mass is 410 g/mol. The molecule has 1 fully saturated rings. The van der Waals surface area contributed by atoms with Crippen molar-refractivity contribution in [1.82, 2.24) is 0 Å². The topological polar surface area (TPSA) is 71.1 Å². The molecule has 0 amide bonds. The highest BCUT2D eigenvalue weighted by atomic mass is 79.9. The first kappa shape index (κ1) is 19.1. The normalized spacial score (nSPS) is 15.9. The van der Waals surface area contributed by atoms with Crippen molar-refractivity contribution >= 4 is 33.9 Å². The molecule has 1 aromatic carbocycles. The van der Waals surface area contributed by atoms with E-state index < -0.39 is 17.7 Å². The van der Waals surface area contributed by atoms with Crippen molar-refractivity contribution in [2.24, 2.45) is 0 Å². The molecule has 0 aromatic heterocycles. The van der Waals surface area contributed by atoms with E-state index in [-0.39, 0.29) is 5.57 Å². The van der Waals surface area contributed by atoms with Crippen molar-refractivity contribution in [1.29, 1.82) is 0 Å². The van der Waals surface area contributed by atoms with Crippen LogP contribution in [0.5, 0.6) is 11.5 Å². The highest BCUT2D eigenvalue weighted by molar-refractivity contribution is 9.10. The summed E-state index contributed by atoms with van der Waals surface area (Å²) in [6.07, 6.45) is 3.01. The Hall–Kier alpha value is -2.28. The lowest BCUT2D eigenvalue weighted by atomic mass is 10.1. The second-order valence-electron chi connectivity index (χ2n) is 5.60. The summed E-state index contributed by atoms with van der Waals surface area (Å²) in [4.78, 5) is 24.1. The predicted molar refractivity (Wildman–Crippen MR) is 95.2 cm³/mol. The van der Waals surface area contributed by atoms with Crippen LogP contribution in [0.2, 0.25) is 0 Å². The van der Waals surface area contributed by atoms with Crippen molar-refractivity contribution in [3.05, 3.63) is 40.4 Å². The molecule has 1 aliphatic heterocycles. The van der Waals surface area contributed by atoms with Crippen molar-refractivity contribution < 1.29 is 28.5 Å². The second kappa shape index (κ2) is 7.74. The molecule has 25 heavy (non-hydrogen) atoms. The van der Waals surface area contributed by atoms with Crippen LogP contribution in [-0.2, 0) is 19.1 Å². The van der Waals surface area contributed by atoms with Gasteiger partial charge in [-0.15, -0.1) is 0 Å². The minimum absolute atomic E-state index is 0.187. The first-order valence-electron chi connectivity index (χ1n) is 7.65. The Balaban J connectivity index is 2.41. The number of esters is 2. The molecule has 0 unspecified atom stereocenters. The van der Waals surface area contributed by atoms with Gasteiger partial charge in [-0.1, -0.05) is 12.7 Å². The fourth-order valence-corrected chi connectivity index (χ4v) is 2.74. The summed E-state index contributed by atoms with van der Waals surface area (Å²) in [5.41, 5.74) is 0.373. The Morgan fingerprint density at radius 3 is 2.40 bits per heavy atom. The Kier molecular flexibility index (Phi) is 5.89. The molecule has 134 valence electrons. The minimum Gasteiger partial charge on any atom is -0.490 e. The number of cyclic esters (lactones) is 2. The van der Waals surface area contributed by atoms with Crippen LogP contribution in [0.1, 0.15) is 26.3 Å². The van der Waals surface area contributed by atoms with Crippen molar-refractivity contribution in [3.63, 3.8) is 0 Å². The Labute approximate surface area is 154 Å². The third kappa shape index (κ3) is 4.63. The van der Waals surface area contributed by atoms with E-state index in [1.165, 1.54) is 19.9 Å². The van der Waals surface area contributed by atoms with E-state index in [2.05, 4.69) is 22.5 Å². The van der Waals surface area contributed by atoms with Gasteiger partial charge in [-0.05, 0) is 46.6 Å². The Morgan fingerprint density at radius 2 is 1.84 bits per heavy atom. The van der Waals surface area contributed by atoms with Crippen LogP contribution in [0.3, 0.4) is 0 Å². The maximum atomic E-state index is 12.1. The molecular formula is C18H19BrO6. The average Bonchev–Trinajstić information content (AvgIpc) is 2.49. The molecule has 0 saturated carbocycles. The fraction of sp³-hybridized carbons (Fsp3) is 0.333. The molecule has 0 atom stereocenters. The van der Waals surface area contributed by atoms with Crippen molar-refractivity contribution in [2.45, 2.75) is 26.6 Å². The fourth-order valence-electron chi connectivity index (χ4n) is 2.16. The number of benzene rings is 1. The van der Waals surface area contributed by atoms with E-state index in [1.54, 1.807) is 18.2 Å². The number of hydrogen-bond acceptors (Lipinski definition) is 6. The van der Waals surface area contributed by atoms with Crippen LogP contribution in [0.15, 0.2) is 34.8 Å². The maximum Gasteiger partial charge on any atom is 0.348 e. The molecular weight excluding hydrogens is 392 g/mol. The second-order valence-corrected chi connectivity index (χ2v) is 6.45. The summed E-state index contributed by atoms with van der Waals surface area (Å²) < 4.78 is 22.0. The van der Waals surface area contributed by atoms with Crippen LogP contribution in [-0.4, -0.2) is 30.9 Å². The van der Waals surface area contributed by atoms with Gasteiger partial charge in [0.25, 0.3) is 5.79 Å². The predicted octanol–water partition coefficient (Wildman–Crippen LogP) is 3.63. The van der Waals surface area contributed by atoms with Gasteiger partial charge in [0.2, 0.25) is 0 Å². The summed E-state index contributed by atoms with van der Waals surface area (Å²) in [7, 11) is 0. The number of rotatable bonds is 6. The molecule has 1 heterocycles. The molecule has 0 bridgehead atoms. The standard InChI is InChI=1S/C18H19BrO6/c1-5-7-23-15-13(19)9-11(10-14(15)22-6-2)8-12-16(20)24-18(3,4)25-17(12)21/h5,8-10H,1,6-7H2,2-4H3. The summed E-state index contributed by atoms with van der Waals surface area (Å²) >= 11 is 3.41. The number of halogens is 1. The number of hydrogen-bond donors (Lipinski definition) is 0. The summed E-state index contributed by atoms with van der Waals surface area (Å²) in [5, 5.41) is 0. The molecule has 0 spiro atoms. The van der Waals surface area contributed by atoms with E-state index in [0.717, 1.165) is 0 Å². The van der Waals surface area contributed by atoms with E-state index in [9.17, 15) is 9.59 Å². The average molecular weight is 411 g/mol. The van der Waals surface area contributed by atoms with Gasteiger partial charge in [-0.25, -0.2) is 9.59 Å². The van der Waals surface area contributed by atoms with Gasteiger partial charge in [0.05, 0.1) is 11.1 Å². The molecule has 0 radical (unpaired) electrons. The Morgan fingerprint density at radius 1 is 1.20 bits per heavy atom. The van der Waals surface area contributed by atoms with Crippen LogP contribution < -0.4 is 9.47 Å². The van der Waals surface area contributed by atoms with Crippen molar-refractivity contribution in [3.8, 4) is 11.5 Å². The van der Waals surface area contributed by atoms with E-state index >= 15 is 0 Å². The van der Waals surface area contributed by atoms with Gasteiger partial charge in [0.1, 0.15) is 12.2 Å². The number of carbonyl (C=O) groups excluding carboxylic acids is 2. The molecule has 7 heteroatoms. The van der Waals surface area contributed by atoms with Gasteiger partial charge >= 0.3 is 11.9 Å². The van der Waals surface area contributed by atoms with Gasteiger partial charge in [-0.2, -0.15) is 0 Å². The lowest BCUT2D eigenvalue weighted by Gasteiger charge is -2.29. The maximum absolute atomic E-state index is 12.1. The summed E-state index contributed by atoms with van der Waals surface area (Å²) in [6, 6.07) is 3.37. The zero-order valence-corrected chi connectivity index (χ0v) is 15.8. The largest absolute Gasteiger partial charge is 0.490 e. The van der Waals surface area contributed by atoms with Crippen LogP contribution >= 0.6 is 15.9 Å². The van der Waals surface area contributed by atoms with Crippen molar-refractivity contribution in [2.75, 3.05) is 13.2 Å². The lowest BCUT2D eigenvalue weighted by molar-refractivity contribution is -0.222. The van der Waals surface area contributed by atoms with Gasteiger partial charge in [0.15, 0.2) is 11.5 Å². The van der Waals surface area contributed by atoms with E-state index in [0.29, 0.717) is 34.7 Å². The highest BCUT2D eigenvalue weighted by Gasteiger charge is 2.38. The van der Waals surface area contributed by atoms with Crippen LogP contribution in [0, 0.1) is 0 Å². The van der Waals surface area contributed by atoms with Crippen LogP contribution in [0.25, 0.3) is 6.08 Å². The van der Waals surface area contributed by atoms with E-state index in [1.807, 2.05) is 6.92 Å². The lowest BCUT2D eigenvalue weighted by Crippen LogP contribution is -2.41. The van der Waals surface area contributed by atoms with Crippen LogP contribution in [0.4, 0.5) is 0 Å². The van der Waals surface area contributed by atoms with Gasteiger partial charge < -0.3 is 18.9 Å².